The predicted molar refractivity (Wildman–Crippen MR) is 96.7 cm³/mol. The molecule has 1 N–H and O–H groups in total. The van der Waals surface area contributed by atoms with Crippen LogP contribution in [0.1, 0.15) is 74.9 Å². The first kappa shape index (κ1) is 17.9. The maximum Gasteiger partial charge on any atom is 0.216 e. The number of methoxy groups -OCH3 is 1. The Balaban J connectivity index is 1.77. The Hall–Kier alpha value is -1.89. The van der Waals surface area contributed by atoms with Crippen molar-refractivity contribution in [3.8, 4) is 5.88 Å². The number of ether oxygens (including phenoxy) is 1. The smallest absolute Gasteiger partial charge is 0.216 e. The second-order valence-electron chi connectivity index (χ2n) is 7.19. The second kappa shape index (κ2) is 7.56. The lowest BCUT2D eigenvalue weighted by Crippen LogP contribution is -2.23. The van der Waals surface area contributed by atoms with E-state index in [2.05, 4.69) is 46.0 Å². The summed E-state index contributed by atoms with van der Waals surface area (Å²) >= 11 is 0. The van der Waals surface area contributed by atoms with Gasteiger partial charge in [0, 0.05) is 26.6 Å². The van der Waals surface area contributed by atoms with Gasteiger partial charge >= 0.3 is 0 Å². The quantitative estimate of drug-likeness (QED) is 0.871. The first-order valence-corrected chi connectivity index (χ1v) is 9.28. The molecule has 7 heteroatoms. The summed E-state index contributed by atoms with van der Waals surface area (Å²) in [5, 5.41) is 17.1. The van der Waals surface area contributed by atoms with Crippen LogP contribution >= 0.6 is 0 Å². The van der Waals surface area contributed by atoms with Gasteiger partial charge in [-0.05, 0) is 25.7 Å². The van der Waals surface area contributed by atoms with Gasteiger partial charge in [0.1, 0.15) is 11.6 Å². The molecule has 0 aromatic carbocycles. The fourth-order valence-corrected chi connectivity index (χ4v) is 3.63. The molecule has 138 valence electrons. The molecule has 0 unspecified atom stereocenters. The van der Waals surface area contributed by atoms with Crippen LogP contribution in [0.5, 0.6) is 5.88 Å². The third-order valence-corrected chi connectivity index (χ3v) is 4.97. The normalized spacial score (nSPS) is 15.9. The Labute approximate surface area is 149 Å². The number of hydrogen-bond acceptors (Lipinski definition) is 5. The van der Waals surface area contributed by atoms with Crippen molar-refractivity contribution in [3.05, 3.63) is 22.9 Å². The topological polar surface area (TPSA) is 69.8 Å². The van der Waals surface area contributed by atoms with Crippen LogP contribution in [0.25, 0.3) is 0 Å². The molecule has 0 saturated carbocycles. The van der Waals surface area contributed by atoms with E-state index in [1.165, 1.54) is 19.3 Å². The molecule has 7 nitrogen and oxygen atoms in total. The van der Waals surface area contributed by atoms with Crippen molar-refractivity contribution in [1.29, 1.82) is 0 Å². The molecule has 0 aliphatic carbocycles. The van der Waals surface area contributed by atoms with E-state index >= 15 is 0 Å². The van der Waals surface area contributed by atoms with Gasteiger partial charge in [-0.2, -0.15) is 5.10 Å². The maximum absolute atomic E-state index is 5.56. The number of nitrogens with one attached hydrogen (secondary N) is 1. The Morgan fingerprint density at radius 3 is 2.68 bits per heavy atom. The van der Waals surface area contributed by atoms with Crippen LogP contribution in [0.3, 0.4) is 0 Å². The number of hydrogen-bond donors (Lipinski definition) is 1. The Morgan fingerprint density at radius 2 is 1.96 bits per heavy atom. The number of aryl methyl sites for hydroxylation is 2. The van der Waals surface area contributed by atoms with E-state index in [1.54, 1.807) is 7.11 Å². The van der Waals surface area contributed by atoms with Crippen LogP contribution in [0.2, 0.25) is 0 Å². The van der Waals surface area contributed by atoms with Crippen molar-refractivity contribution >= 4 is 0 Å². The van der Waals surface area contributed by atoms with Crippen LogP contribution in [0.15, 0.2) is 0 Å². The van der Waals surface area contributed by atoms with Crippen LogP contribution in [0.4, 0.5) is 0 Å². The predicted octanol–water partition coefficient (Wildman–Crippen LogP) is 2.72. The molecule has 0 amide bonds. The zero-order chi connectivity index (χ0) is 18.0. The highest BCUT2D eigenvalue weighted by molar-refractivity contribution is 5.33. The average molecular weight is 346 g/mol. The highest BCUT2D eigenvalue weighted by Gasteiger charge is 2.22. The minimum Gasteiger partial charge on any atom is -0.481 e. The van der Waals surface area contributed by atoms with Crippen molar-refractivity contribution in [3.63, 3.8) is 0 Å². The molecule has 1 atom stereocenters. The molecule has 0 saturated heterocycles. The average Bonchev–Trinajstić information content (AvgIpc) is 3.04. The van der Waals surface area contributed by atoms with Crippen molar-refractivity contribution in [1.82, 2.24) is 29.9 Å². The minimum absolute atomic E-state index is 0.129. The summed E-state index contributed by atoms with van der Waals surface area (Å²) in [6.45, 7) is 8.20. The highest BCUT2D eigenvalue weighted by atomic mass is 16.5. The van der Waals surface area contributed by atoms with E-state index in [1.807, 2.05) is 11.7 Å². The molecular formula is C18H30N6O. The second-order valence-corrected chi connectivity index (χ2v) is 7.19. The summed E-state index contributed by atoms with van der Waals surface area (Å²) in [5.74, 6) is 3.34. The number of fused-ring (bicyclic) bond motifs is 1. The first-order chi connectivity index (χ1) is 12.0. The zero-order valence-electron chi connectivity index (χ0n) is 16.0. The number of aromatic nitrogens is 5. The summed E-state index contributed by atoms with van der Waals surface area (Å²) in [5.41, 5.74) is 2.21. The molecule has 3 rings (SSSR count). The molecule has 2 aromatic heterocycles. The molecule has 0 bridgehead atoms. The van der Waals surface area contributed by atoms with E-state index < -0.39 is 0 Å². The lowest BCUT2D eigenvalue weighted by atomic mass is 10.1. The van der Waals surface area contributed by atoms with Crippen LogP contribution in [0, 0.1) is 0 Å². The van der Waals surface area contributed by atoms with Gasteiger partial charge in [-0.15, -0.1) is 10.2 Å². The molecular weight excluding hydrogens is 316 g/mol. The summed E-state index contributed by atoms with van der Waals surface area (Å²) < 4.78 is 9.68. The minimum atomic E-state index is 0.129. The fourth-order valence-electron chi connectivity index (χ4n) is 3.63. The number of nitrogens with zero attached hydrogens (tertiary/aromatic N) is 5. The highest BCUT2D eigenvalue weighted by Crippen LogP contribution is 2.28. The first-order valence-electron chi connectivity index (χ1n) is 9.28. The monoisotopic (exact) mass is 346 g/mol. The Morgan fingerprint density at radius 1 is 1.16 bits per heavy atom. The lowest BCUT2D eigenvalue weighted by molar-refractivity contribution is 0.366. The summed E-state index contributed by atoms with van der Waals surface area (Å²) in [6, 6.07) is 0.129. The van der Waals surface area contributed by atoms with Gasteiger partial charge in [0.25, 0.3) is 0 Å². The van der Waals surface area contributed by atoms with Gasteiger partial charge in [-0.1, -0.05) is 20.3 Å². The Kier molecular flexibility index (Phi) is 5.42. The standard InChI is InChI=1S/C18H30N6O/c1-12(2)16-14(18(25-5)23(4)22-16)11-19-13(3)17-21-20-15-9-7-6-8-10-24(15)17/h12-13,19H,6-11H2,1-5H3/t13-/m1/s1. The van der Waals surface area contributed by atoms with E-state index in [0.29, 0.717) is 12.5 Å². The zero-order valence-corrected chi connectivity index (χ0v) is 16.0. The van der Waals surface area contributed by atoms with Crippen LogP contribution < -0.4 is 10.1 Å². The van der Waals surface area contributed by atoms with Crippen LogP contribution in [-0.2, 0) is 26.6 Å². The van der Waals surface area contributed by atoms with Crippen molar-refractivity contribution < 1.29 is 4.74 Å². The van der Waals surface area contributed by atoms with E-state index in [-0.39, 0.29) is 6.04 Å². The SMILES string of the molecule is COc1c(CN[C@H](C)c2nnc3n2CCCCC3)c(C(C)C)nn1C. The van der Waals surface area contributed by atoms with Gasteiger partial charge in [0.2, 0.25) is 5.88 Å². The van der Waals surface area contributed by atoms with Crippen LogP contribution in [-0.4, -0.2) is 31.7 Å². The van der Waals surface area contributed by atoms with E-state index in [9.17, 15) is 0 Å². The largest absolute Gasteiger partial charge is 0.481 e. The molecule has 0 spiro atoms. The maximum atomic E-state index is 5.56. The fraction of sp³-hybridized carbons (Fsp3) is 0.722. The molecule has 0 radical (unpaired) electrons. The van der Waals surface area contributed by atoms with E-state index in [0.717, 1.165) is 41.8 Å². The van der Waals surface area contributed by atoms with Gasteiger partial charge < -0.3 is 14.6 Å². The number of rotatable bonds is 6. The molecule has 3 heterocycles. The summed E-state index contributed by atoms with van der Waals surface area (Å²) in [4.78, 5) is 0. The Bertz CT molecular complexity index is 717. The lowest BCUT2D eigenvalue weighted by Gasteiger charge is -2.16. The third-order valence-electron chi connectivity index (χ3n) is 4.97. The molecule has 2 aromatic rings. The van der Waals surface area contributed by atoms with Crippen molar-refractivity contribution in [2.75, 3.05) is 7.11 Å². The molecule has 25 heavy (non-hydrogen) atoms. The van der Waals surface area contributed by atoms with Gasteiger partial charge in [-0.3, -0.25) is 0 Å². The third kappa shape index (κ3) is 3.56. The van der Waals surface area contributed by atoms with Gasteiger partial charge in [-0.25, -0.2) is 4.68 Å². The molecule has 0 fully saturated rings. The van der Waals surface area contributed by atoms with Gasteiger partial charge in [0.15, 0.2) is 0 Å². The summed E-state index contributed by atoms with van der Waals surface area (Å²) in [6.07, 6.45) is 4.73. The van der Waals surface area contributed by atoms with Crippen molar-refractivity contribution in [2.24, 2.45) is 7.05 Å². The van der Waals surface area contributed by atoms with Gasteiger partial charge in [0.05, 0.1) is 24.4 Å². The molecule has 1 aliphatic rings. The van der Waals surface area contributed by atoms with E-state index in [4.69, 9.17) is 4.74 Å². The molecule has 1 aliphatic heterocycles. The van der Waals surface area contributed by atoms with Crippen molar-refractivity contribution in [2.45, 2.75) is 71.5 Å². The summed E-state index contributed by atoms with van der Waals surface area (Å²) in [7, 11) is 3.63.